The number of aliphatic hydroxyl groups is 5. The van der Waals surface area contributed by atoms with Gasteiger partial charge >= 0.3 is 19.8 Å². The third kappa shape index (κ3) is 26.9. The van der Waals surface area contributed by atoms with Gasteiger partial charge in [0.15, 0.2) is 6.10 Å². The summed E-state index contributed by atoms with van der Waals surface area (Å²) in [5.74, 6) is -1.35. The predicted octanol–water partition coefficient (Wildman–Crippen LogP) is 8.06. The van der Waals surface area contributed by atoms with Gasteiger partial charge in [-0.2, -0.15) is 0 Å². The molecule has 0 saturated heterocycles. The molecule has 8 atom stereocenters. The van der Waals surface area contributed by atoms with Crippen LogP contribution in [0.4, 0.5) is 0 Å². The van der Waals surface area contributed by atoms with E-state index < -0.39 is 75.7 Å². The van der Waals surface area contributed by atoms with Crippen molar-refractivity contribution in [1.29, 1.82) is 0 Å². The zero-order valence-corrected chi connectivity index (χ0v) is 36.0. The fourth-order valence-electron chi connectivity index (χ4n) is 6.78. The Morgan fingerprint density at radius 1 is 0.579 bits per heavy atom. The Morgan fingerprint density at radius 2 is 1.00 bits per heavy atom. The number of allylic oxidation sites excluding steroid dienone is 3. The van der Waals surface area contributed by atoms with Crippen molar-refractivity contribution in [3.8, 4) is 0 Å². The lowest BCUT2D eigenvalue weighted by atomic mass is 9.85. The van der Waals surface area contributed by atoms with Crippen LogP contribution < -0.4 is 0 Å². The highest BCUT2D eigenvalue weighted by Crippen LogP contribution is 2.47. The lowest BCUT2D eigenvalue weighted by Gasteiger charge is -2.41. The highest BCUT2D eigenvalue weighted by Gasteiger charge is 2.51. The highest BCUT2D eigenvalue weighted by atomic mass is 31.2. The fourth-order valence-corrected chi connectivity index (χ4v) is 7.76. The molecule has 0 amide bonds. The number of carbonyl (C=O) groups is 2. The Labute approximate surface area is 343 Å². The van der Waals surface area contributed by atoms with E-state index in [1.807, 2.05) is 6.08 Å². The number of rotatable bonds is 36. The topological polar surface area (TPSA) is 210 Å². The molecule has 1 aliphatic carbocycles. The molecule has 1 aliphatic rings. The largest absolute Gasteiger partial charge is 0.472 e. The lowest BCUT2D eigenvalue weighted by Crippen LogP contribution is -2.64. The third-order valence-electron chi connectivity index (χ3n) is 10.4. The number of carbonyl (C=O) groups excluding carboxylic acids is 2. The van der Waals surface area contributed by atoms with Gasteiger partial charge in [-0.05, 0) is 19.3 Å². The van der Waals surface area contributed by atoms with Crippen LogP contribution in [0.15, 0.2) is 24.3 Å². The molecular formula is C43H79O13P. The second kappa shape index (κ2) is 34.1. The summed E-state index contributed by atoms with van der Waals surface area (Å²) < 4.78 is 33.3. The van der Waals surface area contributed by atoms with Crippen LogP contribution >= 0.6 is 7.82 Å². The molecule has 6 unspecified atom stereocenters. The lowest BCUT2D eigenvalue weighted by molar-refractivity contribution is -0.220. The van der Waals surface area contributed by atoms with Crippen molar-refractivity contribution < 1.29 is 63.1 Å². The quantitative estimate of drug-likeness (QED) is 0.0116. The summed E-state index contributed by atoms with van der Waals surface area (Å²) in [6.07, 6.45) is 23.0. The normalized spacial score (nSPS) is 22.9. The van der Waals surface area contributed by atoms with Gasteiger partial charge < -0.3 is 39.9 Å². The minimum absolute atomic E-state index is 0.151. The minimum Gasteiger partial charge on any atom is -0.462 e. The van der Waals surface area contributed by atoms with E-state index in [1.165, 1.54) is 122 Å². The summed E-state index contributed by atoms with van der Waals surface area (Å²) in [5, 5.41) is 50.0. The second-order valence-electron chi connectivity index (χ2n) is 15.6. The maximum absolute atomic E-state index is 12.8. The van der Waals surface area contributed by atoms with E-state index in [-0.39, 0.29) is 6.42 Å². The van der Waals surface area contributed by atoms with Crippen molar-refractivity contribution in [3.05, 3.63) is 24.3 Å². The van der Waals surface area contributed by atoms with Gasteiger partial charge in [-0.3, -0.25) is 13.8 Å². The second-order valence-corrected chi connectivity index (χ2v) is 17.0. The van der Waals surface area contributed by atoms with Gasteiger partial charge in [0.2, 0.25) is 0 Å². The first-order valence-electron chi connectivity index (χ1n) is 22.2. The Balaban J connectivity index is 2.53. The van der Waals surface area contributed by atoms with Crippen LogP contribution in [0.1, 0.15) is 181 Å². The van der Waals surface area contributed by atoms with Gasteiger partial charge in [-0.25, -0.2) is 9.36 Å². The Kier molecular flexibility index (Phi) is 31.9. The molecule has 14 heteroatoms. The molecule has 334 valence electrons. The van der Waals surface area contributed by atoms with Crippen LogP contribution in [0.2, 0.25) is 0 Å². The van der Waals surface area contributed by atoms with Crippen LogP contribution in [0, 0.1) is 0 Å². The number of hydrogen-bond donors (Lipinski definition) is 6. The van der Waals surface area contributed by atoms with Gasteiger partial charge in [-0.1, -0.05) is 173 Å². The van der Waals surface area contributed by atoms with Gasteiger partial charge in [-0.15, -0.1) is 0 Å². The van der Waals surface area contributed by atoms with Gasteiger partial charge in [0.1, 0.15) is 43.2 Å². The monoisotopic (exact) mass is 835 g/mol. The summed E-state index contributed by atoms with van der Waals surface area (Å²) >= 11 is 0. The zero-order chi connectivity index (χ0) is 42.2. The molecule has 1 saturated carbocycles. The summed E-state index contributed by atoms with van der Waals surface area (Å²) in [4.78, 5) is 35.5. The maximum Gasteiger partial charge on any atom is 0.472 e. The smallest absolute Gasteiger partial charge is 0.462 e. The van der Waals surface area contributed by atoms with Crippen LogP contribution in [0.25, 0.3) is 0 Å². The van der Waals surface area contributed by atoms with Crippen LogP contribution in [-0.4, -0.2) is 98.3 Å². The molecule has 1 rings (SSSR count). The molecule has 57 heavy (non-hydrogen) atoms. The molecule has 1 fully saturated rings. The van der Waals surface area contributed by atoms with Crippen molar-refractivity contribution in [2.24, 2.45) is 0 Å². The third-order valence-corrected chi connectivity index (χ3v) is 11.4. The van der Waals surface area contributed by atoms with Gasteiger partial charge in [0.05, 0.1) is 6.61 Å². The van der Waals surface area contributed by atoms with E-state index in [0.717, 1.165) is 44.6 Å². The Hall–Kier alpha value is -1.67. The number of phosphoric ester groups is 1. The Morgan fingerprint density at radius 3 is 1.47 bits per heavy atom. The number of aliphatic hydroxyl groups excluding tert-OH is 5. The first-order chi connectivity index (χ1) is 27.4. The standard InChI is InChI=1S/C43H79O13P/c1-3-5-7-9-11-13-15-17-18-20-22-24-26-28-30-32-37(45)55-35(34-54-57(51,52)56-43-41(49)39(47)38(46)40(48)42(43)50)33-53-36(44)31-29-27-25-23-21-19-16-14-12-10-8-6-4-2/h26,28,30,32,35,38-43,46-50H,3-25,27,29,31,33-34H2,1-2H3,(H,51,52)/b28-26+,32-30+/t35-,38?,39-,40?,41?,42?,43?/m1/s1. The van der Waals surface area contributed by atoms with Crippen molar-refractivity contribution in [2.75, 3.05) is 13.2 Å². The molecule has 0 aliphatic heterocycles. The fraction of sp³-hybridized carbons (Fsp3) is 0.860. The molecule has 0 spiro atoms. The van der Waals surface area contributed by atoms with E-state index in [9.17, 15) is 44.6 Å². The molecule has 0 heterocycles. The van der Waals surface area contributed by atoms with Crippen molar-refractivity contribution in [3.63, 3.8) is 0 Å². The number of hydrogen-bond acceptors (Lipinski definition) is 12. The molecule has 0 aromatic rings. The Bertz CT molecular complexity index is 1100. The van der Waals surface area contributed by atoms with Crippen molar-refractivity contribution >= 4 is 19.8 Å². The average molecular weight is 835 g/mol. The van der Waals surface area contributed by atoms with Crippen molar-refractivity contribution in [2.45, 2.75) is 224 Å². The van der Waals surface area contributed by atoms with Crippen molar-refractivity contribution in [1.82, 2.24) is 0 Å². The summed E-state index contributed by atoms with van der Waals surface area (Å²) in [6.45, 7) is 3.19. The molecule has 0 aromatic heterocycles. The van der Waals surface area contributed by atoms with Gasteiger partial charge in [0.25, 0.3) is 0 Å². The summed E-state index contributed by atoms with van der Waals surface area (Å²) in [6, 6.07) is 0. The predicted molar refractivity (Wildman–Crippen MR) is 221 cm³/mol. The van der Waals surface area contributed by atoms with Crippen LogP contribution in [-0.2, 0) is 32.7 Å². The molecule has 6 N–H and O–H groups in total. The molecule has 13 nitrogen and oxygen atoms in total. The maximum atomic E-state index is 12.8. The number of phosphoric acid groups is 1. The molecule has 0 bridgehead atoms. The van der Waals surface area contributed by atoms with E-state index in [0.29, 0.717) is 6.42 Å². The SMILES string of the molecule is CCCCCCCCCCCCC/C=C/C=C/C(=O)O[C@H](COC(=O)CCCCCCCCCCCCCCC)COP(=O)(O)OC1C(O)C(O)C(O)[C@@H](O)C1O. The average Bonchev–Trinajstić information content (AvgIpc) is 3.19. The molecule has 0 radical (unpaired) electrons. The number of esters is 2. The van der Waals surface area contributed by atoms with E-state index in [4.69, 9.17) is 18.5 Å². The first kappa shape index (κ1) is 53.3. The highest BCUT2D eigenvalue weighted by molar-refractivity contribution is 7.47. The molecule has 0 aromatic carbocycles. The summed E-state index contributed by atoms with van der Waals surface area (Å²) in [7, 11) is -5.14. The minimum atomic E-state index is -5.14. The van der Waals surface area contributed by atoms with Crippen LogP contribution in [0.3, 0.4) is 0 Å². The van der Waals surface area contributed by atoms with Gasteiger partial charge in [0, 0.05) is 12.5 Å². The van der Waals surface area contributed by atoms with Crippen LogP contribution in [0.5, 0.6) is 0 Å². The zero-order valence-electron chi connectivity index (χ0n) is 35.1. The number of ether oxygens (including phenoxy) is 2. The summed E-state index contributed by atoms with van der Waals surface area (Å²) in [5.41, 5.74) is 0. The van der Waals surface area contributed by atoms with E-state index in [1.54, 1.807) is 6.08 Å². The first-order valence-corrected chi connectivity index (χ1v) is 23.7. The number of unbranched alkanes of at least 4 members (excludes halogenated alkanes) is 23. The molecular weight excluding hydrogens is 755 g/mol. The van der Waals surface area contributed by atoms with E-state index in [2.05, 4.69) is 13.8 Å². The van der Waals surface area contributed by atoms with E-state index >= 15 is 0 Å².